The van der Waals surface area contributed by atoms with Gasteiger partial charge in [-0.3, -0.25) is 19.3 Å². The Morgan fingerprint density at radius 2 is 1.84 bits per heavy atom. The van der Waals surface area contributed by atoms with Gasteiger partial charge in [-0.15, -0.1) is 0 Å². The van der Waals surface area contributed by atoms with E-state index in [4.69, 9.17) is 18.9 Å². The number of hydrogen-bond donors (Lipinski definition) is 1. The van der Waals surface area contributed by atoms with Gasteiger partial charge >= 0.3 is 5.91 Å². The lowest BCUT2D eigenvalue weighted by Gasteiger charge is -2.24. The first kappa shape index (κ1) is 30.1. The van der Waals surface area contributed by atoms with Crippen molar-refractivity contribution in [1.82, 2.24) is 4.98 Å². The van der Waals surface area contributed by atoms with Crippen molar-refractivity contribution in [2.24, 2.45) is 5.92 Å². The molecule has 1 atom stereocenters. The zero-order chi connectivity index (χ0) is 30.8. The van der Waals surface area contributed by atoms with Crippen molar-refractivity contribution >= 4 is 39.7 Å². The molecule has 0 saturated carbocycles. The molecule has 3 aromatic rings. The molecule has 0 radical (unpaired) electrons. The van der Waals surface area contributed by atoms with E-state index in [9.17, 15) is 19.5 Å². The topological polar surface area (TPSA) is 124 Å². The third-order valence-corrected chi connectivity index (χ3v) is 8.36. The molecule has 1 fully saturated rings. The van der Waals surface area contributed by atoms with Crippen molar-refractivity contribution in [3.63, 3.8) is 0 Å². The highest BCUT2D eigenvalue weighted by Crippen LogP contribution is 2.46. The Kier molecular flexibility index (Phi) is 8.72. The predicted molar refractivity (Wildman–Crippen MR) is 162 cm³/mol. The maximum Gasteiger partial charge on any atom is 0.301 e. The summed E-state index contributed by atoms with van der Waals surface area (Å²) in [6.07, 6.45) is 0.852. The molecule has 1 N–H and O–H groups in total. The summed E-state index contributed by atoms with van der Waals surface area (Å²) in [6.45, 7) is 10.8. The fourth-order valence-corrected chi connectivity index (χ4v) is 5.98. The van der Waals surface area contributed by atoms with Gasteiger partial charge in [-0.1, -0.05) is 31.3 Å². The number of aliphatic hydroxyl groups is 1. The number of anilines is 1. The number of aromatic nitrogens is 1. The highest BCUT2D eigenvalue weighted by atomic mass is 32.1. The number of fused-ring (bicyclic) bond motifs is 1. The number of ether oxygens (including phenoxy) is 4. The van der Waals surface area contributed by atoms with Crippen LogP contribution in [-0.2, 0) is 9.59 Å². The van der Waals surface area contributed by atoms with Crippen molar-refractivity contribution in [3.8, 4) is 23.0 Å². The van der Waals surface area contributed by atoms with Gasteiger partial charge in [0, 0.05) is 12.5 Å². The lowest BCUT2D eigenvalue weighted by Crippen LogP contribution is -2.29. The number of benzene rings is 2. The summed E-state index contributed by atoms with van der Waals surface area (Å²) in [7, 11) is 0. The van der Waals surface area contributed by atoms with Crippen LogP contribution in [-0.4, -0.2) is 54.0 Å². The molecular weight excluding hydrogens is 572 g/mol. The van der Waals surface area contributed by atoms with Crippen LogP contribution in [0, 0.1) is 12.8 Å². The molecule has 2 aromatic carbocycles. The molecular formula is C32H34N2O8S. The molecule has 5 rings (SSSR count). The summed E-state index contributed by atoms with van der Waals surface area (Å²) in [6, 6.07) is 8.94. The van der Waals surface area contributed by atoms with Crippen LogP contribution in [0.1, 0.15) is 66.7 Å². The second-order valence-electron chi connectivity index (χ2n) is 10.7. The van der Waals surface area contributed by atoms with Crippen LogP contribution in [0.15, 0.2) is 42.0 Å². The van der Waals surface area contributed by atoms with E-state index < -0.39 is 17.7 Å². The molecule has 43 heavy (non-hydrogen) atoms. The summed E-state index contributed by atoms with van der Waals surface area (Å²) in [5.41, 5.74) is 1.10. The maximum atomic E-state index is 13.7. The monoisotopic (exact) mass is 606 g/mol. The average Bonchev–Trinajstić information content (AvgIpc) is 3.49. The van der Waals surface area contributed by atoms with E-state index in [-0.39, 0.29) is 27.8 Å². The number of aliphatic hydroxyl groups excluding tert-OH is 1. The lowest BCUT2D eigenvalue weighted by atomic mass is 9.95. The Morgan fingerprint density at radius 3 is 2.51 bits per heavy atom. The Balaban J connectivity index is 1.66. The number of ketones is 2. The van der Waals surface area contributed by atoms with E-state index in [1.54, 1.807) is 43.3 Å². The van der Waals surface area contributed by atoms with Gasteiger partial charge in [-0.2, -0.15) is 0 Å². The number of rotatable bonds is 10. The molecule has 0 spiro atoms. The minimum absolute atomic E-state index is 0.130. The van der Waals surface area contributed by atoms with E-state index >= 15 is 0 Å². The van der Waals surface area contributed by atoms with E-state index in [1.807, 2.05) is 6.92 Å². The minimum atomic E-state index is -1.07. The SMILES string of the molecule is CCOc1cc([C@H]2C(=C(O)c3ccc4c(c3)OCCO4)C(=O)C(=O)N2c2nc(C)c(C(C)=O)s2)ccc1OCCC(C)C. The molecule has 0 unspecified atom stereocenters. The molecule has 3 heterocycles. The minimum Gasteiger partial charge on any atom is -0.507 e. The van der Waals surface area contributed by atoms with Crippen LogP contribution >= 0.6 is 11.3 Å². The molecule has 0 aliphatic carbocycles. The molecule has 11 heteroatoms. The lowest BCUT2D eigenvalue weighted by molar-refractivity contribution is -0.132. The third-order valence-electron chi connectivity index (χ3n) is 7.11. The van der Waals surface area contributed by atoms with Gasteiger partial charge in [-0.05, 0) is 62.1 Å². The van der Waals surface area contributed by atoms with Gasteiger partial charge in [-0.25, -0.2) is 4.98 Å². The van der Waals surface area contributed by atoms with Crippen molar-refractivity contribution in [3.05, 3.63) is 63.7 Å². The summed E-state index contributed by atoms with van der Waals surface area (Å²) >= 11 is 1.02. The van der Waals surface area contributed by atoms with Gasteiger partial charge in [0.1, 0.15) is 19.0 Å². The second-order valence-corrected chi connectivity index (χ2v) is 11.6. The molecule has 2 aliphatic heterocycles. The van der Waals surface area contributed by atoms with Gasteiger partial charge in [0.15, 0.2) is 33.9 Å². The Hall–Kier alpha value is -4.38. The molecule has 10 nitrogen and oxygen atoms in total. The highest BCUT2D eigenvalue weighted by Gasteiger charge is 2.48. The first-order chi connectivity index (χ1) is 20.6. The number of thiazole rings is 1. The zero-order valence-electron chi connectivity index (χ0n) is 24.8. The van der Waals surface area contributed by atoms with Gasteiger partial charge in [0.05, 0.1) is 35.4 Å². The largest absolute Gasteiger partial charge is 0.507 e. The summed E-state index contributed by atoms with van der Waals surface area (Å²) in [5, 5.41) is 11.8. The molecule has 1 aromatic heterocycles. The van der Waals surface area contributed by atoms with Crippen molar-refractivity contribution in [2.45, 2.75) is 47.1 Å². The van der Waals surface area contributed by atoms with E-state index in [0.717, 1.165) is 17.8 Å². The molecule has 2 aliphatic rings. The number of amides is 1. The normalized spacial score (nSPS) is 17.4. The number of carbonyl (C=O) groups excluding carboxylic acids is 3. The van der Waals surface area contributed by atoms with Gasteiger partial charge in [0.25, 0.3) is 5.78 Å². The number of aryl methyl sites for hydroxylation is 1. The highest BCUT2D eigenvalue weighted by molar-refractivity contribution is 7.18. The molecule has 226 valence electrons. The van der Waals surface area contributed by atoms with Crippen LogP contribution in [0.25, 0.3) is 5.76 Å². The van der Waals surface area contributed by atoms with Crippen LogP contribution in [0.4, 0.5) is 5.13 Å². The van der Waals surface area contributed by atoms with Crippen LogP contribution in [0.3, 0.4) is 0 Å². The Labute approximate surface area is 253 Å². The number of hydrogen-bond acceptors (Lipinski definition) is 10. The van der Waals surface area contributed by atoms with Crippen molar-refractivity contribution in [1.29, 1.82) is 0 Å². The van der Waals surface area contributed by atoms with Crippen LogP contribution in [0.2, 0.25) is 0 Å². The summed E-state index contributed by atoms with van der Waals surface area (Å²) in [5.74, 6) is 0.0241. The second kappa shape index (κ2) is 12.5. The van der Waals surface area contributed by atoms with Crippen molar-refractivity contribution < 1.29 is 38.4 Å². The maximum absolute atomic E-state index is 13.7. The number of carbonyl (C=O) groups is 3. The molecule has 1 saturated heterocycles. The number of Topliss-reactive ketones (excluding diaryl/α,β-unsaturated/α-hetero) is 2. The fourth-order valence-electron chi connectivity index (χ4n) is 4.99. The summed E-state index contributed by atoms with van der Waals surface area (Å²) < 4.78 is 23.2. The van der Waals surface area contributed by atoms with E-state index in [0.29, 0.717) is 71.5 Å². The van der Waals surface area contributed by atoms with Crippen molar-refractivity contribution in [2.75, 3.05) is 31.3 Å². The van der Waals surface area contributed by atoms with Crippen LogP contribution in [0.5, 0.6) is 23.0 Å². The van der Waals surface area contributed by atoms with E-state index in [1.165, 1.54) is 11.8 Å². The summed E-state index contributed by atoms with van der Waals surface area (Å²) in [4.78, 5) is 45.7. The average molecular weight is 607 g/mol. The van der Waals surface area contributed by atoms with Gasteiger partial charge < -0.3 is 24.1 Å². The standard InChI is InChI=1S/C32H34N2O8S/c1-6-39-24-15-20(7-9-22(24)40-12-11-17(2)3)27-26(28(36)21-8-10-23-25(16-21)42-14-13-41-23)29(37)31(38)34(27)32-33-18(4)30(43-32)19(5)35/h7-10,15-17,27,36H,6,11-14H2,1-5H3/t27-/m0/s1. The zero-order valence-corrected chi connectivity index (χ0v) is 25.6. The first-order valence-corrected chi connectivity index (χ1v) is 15.0. The third kappa shape index (κ3) is 5.94. The van der Waals surface area contributed by atoms with Gasteiger partial charge in [0.2, 0.25) is 0 Å². The smallest absolute Gasteiger partial charge is 0.301 e. The molecule has 1 amide bonds. The number of nitrogens with zero attached hydrogens (tertiary/aromatic N) is 2. The first-order valence-electron chi connectivity index (χ1n) is 14.2. The quantitative estimate of drug-likeness (QED) is 0.130. The predicted octanol–water partition coefficient (Wildman–Crippen LogP) is 5.88. The van der Waals surface area contributed by atoms with E-state index in [2.05, 4.69) is 18.8 Å². The Morgan fingerprint density at radius 1 is 1.09 bits per heavy atom. The Bertz CT molecular complexity index is 1610. The van der Waals surface area contributed by atoms with Crippen LogP contribution < -0.4 is 23.8 Å². The fraction of sp³-hybridized carbons (Fsp3) is 0.375. The molecule has 0 bridgehead atoms.